The van der Waals surface area contributed by atoms with Crippen LogP contribution in [0, 0.1) is 4.77 Å². The fraction of sp³-hybridized carbons (Fsp3) is 0.160. The highest BCUT2D eigenvalue weighted by Crippen LogP contribution is 2.40. The van der Waals surface area contributed by atoms with Crippen molar-refractivity contribution in [3.05, 3.63) is 76.6 Å². The number of aromatic amines is 1. The molecule has 0 radical (unpaired) electrons. The summed E-state index contributed by atoms with van der Waals surface area (Å²) in [5.41, 5.74) is 2.96. The van der Waals surface area contributed by atoms with Crippen molar-refractivity contribution in [3.63, 3.8) is 0 Å². The fourth-order valence-corrected chi connectivity index (χ4v) is 3.76. The van der Waals surface area contributed by atoms with Crippen molar-refractivity contribution in [3.8, 4) is 17.2 Å². The first-order chi connectivity index (χ1) is 16.5. The molecule has 1 heterocycles. The Balaban J connectivity index is 1.46. The quantitative estimate of drug-likeness (QED) is 0.301. The Bertz CT molecular complexity index is 1360. The Hall–Kier alpha value is -4.11. The van der Waals surface area contributed by atoms with Crippen LogP contribution in [-0.2, 0) is 6.54 Å². The van der Waals surface area contributed by atoms with Crippen molar-refractivity contribution < 1.29 is 19.0 Å². The minimum absolute atomic E-state index is 0.254. The number of benzene rings is 3. The molecule has 3 aromatic carbocycles. The molecule has 8 nitrogen and oxygen atoms in total. The van der Waals surface area contributed by atoms with Gasteiger partial charge in [-0.3, -0.25) is 4.79 Å². The van der Waals surface area contributed by atoms with Crippen LogP contribution in [0.15, 0.2) is 60.7 Å². The third-order valence-electron chi connectivity index (χ3n) is 5.24. The van der Waals surface area contributed by atoms with Crippen molar-refractivity contribution in [1.29, 1.82) is 0 Å². The van der Waals surface area contributed by atoms with E-state index in [0.717, 1.165) is 16.5 Å². The molecule has 34 heavy (non-hydrogen) atoms. The molecule has 3 N–H and O–H groups in total. The number of aromatic nitrogens is 2. The summed E-state index contributed by atoms with van der Waals surface area (Å²) in [4.78, 5) is 20.3. The number of ether oxygens (including phenoxy) is 3. The smallest absolute Gasteiger partial charge is 0.255 e. The van der Waals surface area contributed by atoms with Crippen LogP contribution in [0.4, 0.5) is 11.5 Å². The van der Waals surface area contributed by atoms with E-state index < -0.39 is 0 Å². The van der Waals surface area contributed by atoms with Gasteiger partial charge in [0.25, 0.3) is 5.91 Å². The number of para-hydroxylation sites is 1. The maximum absolute atomic E-state index is 12.8. The van der Waals surface area contributed by atoms with E-state index in [1.54, 1.807) is 24.3 Å². The molecule has 0 aliphatic rings. The second-order valence-corrected chi connectivity index (χ2v) is 7.74. The number of hydrogen-bond acceptors (Lipinski definition) is 7. The zero-order valence-electron chi connectivity index (χ0n) is 19.0. The maximum Gasteiger partial charge on any atom is 0.255 e. The molecule has 0 aliphatic heterocycles. The van der Waals surface area contributed by atoms with Gasteiger partial charge in [0, 0.05) is 35.3 Å². The zero-order valence-corrected chi connectivity index (χ0v) is 19.8. The van der Waals surface area contributed by atoms with Gasteiger partial charge in [-0.2, -0.15) is 0 Å². The van der Waals surface area contributed by atoms with E-state index in [1.807, 2.05) is 36.4 Å². The summed E-state index contributed by atoms with van der Waals surface area (Å²) in [7, 11) is 4.58. The lowest BCUT2D eigenvalue weighted by Crippen LogP contribution is -2.12. The van der Waals surface area contributed by atoms with Gasteiger partial charge in [-0.25, -0.2) is 4.98 Å². The molecule has 4 aromatic rings. The lowest BCUT2D eigenvalue weighted by molar-refractivity contribution is 0.102. The molecule has 0 bridgehead atoms. The highest BCUT2D eigenvalue weighted by Gasteiger charge is 2.15. The lowest BCUT2D eigenvalue weighted by Gasteiger charge is -2.14. The Morgan fingerprint density at radius 2 is 1.65 bits per heavy atom. The maximum atomic E-state index is 12.8. The van der Waals surface area contributed by atoms with Crippen LogP contribution >= 0.6 is 12.2 Å². The highest BCUT2D eigenvalue weighted by molar-refractivity contribution is 7.71. The predicted molar refractivity (Wildman–Crippen MR) is 135 cm³/mol. The molecule has 0 unspecified atom stereocenters. The first-order valence-corrected chi connectivity index (χ1v) is 10.9. The average Bonchev–Trinajstić information content (AvgIpc) is 2.86. The average molecular weight is 477 g/mol. The number of fused-ring (bicyclic) bond motifs is 1. The Kier molecular flexibility index (Phi) is 6.93. The molecule has 0 saturated heterocycles. The molecule has 1 amide bonds. The van der Waals surface area contributed by atoms with Gasteiger partial charge in [-0.05, 0) is 42.0 Å². The van der Waals surface area contributed by atoms with Gasteiger partial charge < -0.3 is 29.8 Å². The number of carbonyl (C=O) groups is 1. The van der Waals surface area contributed by atoms with E-state index in [0.29, 0.717) is 45.6 Å². The molecule has 0 atom stereocenters. The van der Waals surface area contributed by atoms with Crippen molar-refractivity contribution >= 4 is 40.5 Å². The van der Waals surface area contributed by atoms with Gasteiger partial charge >= 0.3 is 0 Å². The van der Waals surface area contributed by atoms with Crippen molar-refractivity contribution in [2.45, 2.75) is 6.54 Å². The molecule has 1 aromatic heterocycles. The van der Waals surface area contributed by atoms with Gasteiger partial charge in [0.15, 0.2) is 16.3 Å². The SMILES string of the molecule is COc1cc(NC(=O)c2ccc(CNc3nc(=S)[nH]c4ccccc34)cc2)cc(OC)c1OC. The van der Waals surface area contributed by atoms with Gasteiger partial charge in [0.05, 0.1) is 26.8 Å². The largest absolute Gasteiger partial charge is 0.493 e. The molecule has 0 fully saturated rings. The molecular formula is C25H24N4O4S. The highest BCUT2D eigenvalue weighted by atomic mass is 32.1. The molecule has 0 saturated carbocycles. The number of nitrogens with zero attached hydrogens (tertiary/aromatic N) is 1. The fourth-order valence-electron chi connectivity index (χ4n) is 3.55. The van der Waals surface area contributed by atoms with Crippen LogP contribution in [0.5, 0.6) is 17.2 Å². The number of carbonyl (C=O) groups excluding carboxylic acids is 1. The van der Waals surface area contributed by atoms with Gasteiger partial charge in [-0.15, -0.1) is 0 Å². The van der Waals surface area contributed by atoms with Crippen LogP contribution in [-0.4, -0.2) is 37.2 Å². The van der Waals surface area contributed by atoms with E-state index in [4.69, 9.17) is 26.4 Å². The molecule has 174 valence electrons. The summed E-state index contributed by atoms with van der Waals surface area (Å²) in [6.07, 6.45) is 0. The van der Waals surface area contributed by atoms with Gasteiger partial charge in [0.1, 0.15) is 5.82 Å². The number of nitrogens with one attached hydrogen (secondary N) is 3. The minimum Gasteiger partial charge on any atom is -0.493 e. The minimum atomic E-state index is -0.254. The molecule has 0 spiro atoms. The number of hydrogen-bond donors (Lipinski definition) is 3. The number of amides is 1. The monoisotopic (exact) mass is 476 g/mol. The third kappa shape index (κ3) is 4.94. The van der Waals surface area contributed by atoms with E-state index in [-0.39, 0.29) is 5.91 Å². The second kappa shape index (κ2) is 10.2. The van der Waals surface area contributed by atoms with Crippen LogP contribution in [0.3, 0.4) is 0 Å². The standard InChI is InChI=1S/C25H24N4O4S/c1-31-20-12-17(13-21(32-2)22(20)33-3)27-24(30)16-10-8-15(9-11-16)14-26-23-18-6-4-5-7-19(18)28-25(34)29-23/h4-13H,14H2,1-3H3,(H,27,30)(H2,26,28,29,34). The Morgan fingerprint density at radius 3 is 2.29 bits per heavy atom. The number of H-pyrrole nitrogens is 1. The van der Waals surface area contributed by atoms with Crippen LogP contribution in [0.2, 0.25) is 0 Å². The first-order valence-electron chi connectivity index (χ1n) is 10.5. The van der Waals surface area contributed by atoms with Crippen molar-refractivity contribution in [1.82, 2.24) is 9.97 Å². The van der Waals surface area contributed by atoms with E-state index in [1.165, 1.54) is 21.3 Å². The summed E-state index contributed by atoms with van der Waals surface area (Å²) < 4.78 is 16.4. The van der Waals surface area contributed by atoms with Crippen LogP contribution < -0.4 is 24.8 Å². The zero-order chi connectivity index (χ0) is 24.1. The normalized spacial score (nSPS) is 10.6. The summed E-state index contributed by atoms with van der Waals surface area (Å²) >= 11 is 5.23. The van der Waals surface area contributed by atoms with E-state index in [9.17, 15) is 4.79 Å². The summed E-state index contributed by atoms with van der Waals surface area (Å²) in [6.45, 7) is 0.532. The van der Waals surface area contributed by atoms with Gasteiger partial charge in [0.2, 0.25) is 5.75 Å². The van der Waals surface area contributed by atoms with E-state index in [2.05, 4.69) is 20.6 Å². The molecule has 0 aliphatic carbocycles. The Labute approximate surface area is 201 Å². The molecular weight excluding hydrogens is 452 g/mol. The summed E-state index contributed by atoms with van der Waals surface area (Å²) in [6, 6.07) is 18.5. The van der Waals surface area contributed by atoms with Crippen molar-refractivity contribution in [2.24, 2.45) is 0 Å². The number of rotatable bonds is 8. The number of methoxy groups -OCH3 is 3. The Morgan fingerprint density at radius 1 is 0.971 bits per heavy atom. The van der Waals surface area contributed by atoms with Gasteiger partial charge in [-0.1, -0.05) is 24.3 Å². The van der Waals surface area contributed by atoms with Crippen LogP contribution in [0.1, 0.15) is 15.9 Å². The second-order valence-electron chi connectivity index (χ2n) is 7.35. The van der Waals surface area contributed by atoms with Crippen molar-refractivity contribution in [2.75, 3.05) is 32.0 Å². The first kappa shape index (κ1) is 23.1. The molecule has 9 heteroatoms. The summed E-state index contributed by atoms with van der Waals surface area (Å²) in [5.74, 6) is 1.84. The summed E-state index contributed by atoms with van der Waals surface area (Å²) in [5, 5.41) is 7.15. The molecule has 4 rings (SSSR count). The predicted octanol–water partition coefficient (Wildman–Crippen LogP) is 5.18. The topological polar surface area (TPSA) is 97.5 Å². The lowest BCUT2D eigenvalue weighted by atomic mass is 10.1. The number of anilines is 2. The third-order valence-corrected chi connectivity index (χ3v) is 5.43. The van der Waals surface area contributed by atoms with Crippen LogP contribution in [0.25, 0.3) is 10.9 Å². The van der Waals surface area contributed by atoms with E-state index >= 15 is 0 Å².